The topological polar surface area (TPSA) is 92.6 Å². The third-order valence-corrected chi connectivity index (χ3v) is 3.00. The molecule has 2 rings (SSSR count). The van der Waals surface area contributed by atoms with E-state index in [9.17, 15) is 4.79 Å². The third kappa shape index (κ3) is 3.52. The molecule has 0 aliphatic rings. The van der Waals surface area contributed by atoms with Gasteiger partial charge in [0.25, 0.3) is 0 Å². The van der Waals surface area contributed by atoms with Gasteiger partial charge < -0.3 is 20.2 Å². The Morgan fingerprint density at radius 2 is 2.37 bits per heavy atom. The smallest absolute Gasteiger partial charge is 0.321 e. The molecule has 0 aliphatic heterocycles. The molecule has 1 unspecified atom stereocenters. The second-order valence-corrected chi connectivity index (χ2v) is 4.61. The van der Waals surface area contributed by atoms with Gasteiger partial charge in [-0.2, -0.15) is 0 Å². The number of oxazole rings is 1. The van der Waals surface area contributed by atoms with Gasteiger partial charge in [-0.15, -0.1) is 0 Å². The first kappa shape index (κ1) is 13.5. The van der Waals surface area contributed by atoms with Crippen LogP contribution in [0.25, 0.3) is 11.1 Å². The number of hydrogen-bond acceptors (Lipinski definition) is 5. The zero-order valence-corrected chi connectivity index (χ0v) is 10.7. The van der Waals surface area contributed by atoms with Crippen molar-refractivity contribution in [3.05, 3.63) is 30.2 Å². The van der Waals surface area contributed by atoms with Crippen LogP contribution in [0.5, 0.6) is 0 Å². The maximum atomic E-state index is 10.7. The fourth-order valence-corrected chi connectivity index (χ4v) is 1.88. The van der Waals surface area contributed by atoms with Gasteiger partial charge in [-0.3, -0.25) is 4.79 Å². The van der Waals surface area contributed by atoms with E-state index >= 15 is 0 Å². The van der Waals surface area contributed by atoms with E-state index in [0.29, 0.717) is 6.54 Å². The van der Waals surface area contributed by atoms with Gasteiger partial charge >= 0.3 is 5.97 Å². The number of hydrogen-bond donors (Lipinski definition) is 2. The van der Waals surface area contributed by atoms with E-state index in [1.54, 1.807) is 0 Å². The number of carboxylic acid groups (broad SMARTS) is 1. The van der Waals surface area contributed by atoms with Gasteiger partial charge in [-0.05, 0) is 31.2 Å². The van der Waals surface area contributed by atoms with Crippen molar-refractivity contribution in [2.75, 3.05) is 20.1 Å². The standard InChI is InChI=1S/C13H17N3O3/c1-16(7-10(14)13(17)18)5-4-9-2-3-11-12(6-9)19-8-15-11/h2-3,6,8,10H,4-5,7,14H2,1H3,(H,17,18). The fourth-order valence-electron chi connectivity index (χ4n) is 1.88. The van der Waals surface area contributed by atoms with Crippen LogP contribution in [0.4, 0.5) is 0 Å². The number of carboxylic acids is 1. The Labute approximate surface area is 110 Å². The summed E-state index contributed by atoms with van der Waals surface area (Å²) in [6.07, 6.45) is 2.23. The average molecular weight is 263 g/mol. The summed E-state index contributed by atoms with van der Waals surface area (Å²) in [5, 5.41) is 8.74. The minimum Gasteiger partial charge on any atom is -0.480 e. The third-order valence-electron chi connectivity index (χ3n) is 3.00. The van der Waals surface area contributed by atoms with Gasteiger partial charge in [0.1, 0.15) is 11.6 Å². The Hall–Kier alpha value is -1.92. The molecule has 0 saturated heterocycles. The lowest BCUT2D eigenvalue weighted by molar-refractivity contribution is -0.138. The van der Waals surface area contributed by atoms with Gasteiger partial charge in [-0.1, -0.05) is 6.07 Å². The van der Waals surface area contributed by atoms with Crippen molar-refractivity contribution >= 4 is 17.1 Å². The van der Waals surface area contributed by atoms with Crippen LogP contribution in [0.3, 0.4) is 0 Å². The predicted molar refractivity (Wildman–Crippen MR) is 70.8 cm³/mol. The summed E-state index contributed by atoms with van der Waals surface area (Å²) in [6.45, 7) is 1.07. The van der Waals surface area contributed by atoms with Gasteiger partial charge in [0.2, 0.25) is 0 Å². The first-order valence-electron chi connectivity index (χ1n) is 6.05. The van der Waals surface area contributed by atoms with E-state index < -0.39 is 12.0 Å². The van der Waals surface area contributed by atoms with E-state index in [0.717, 1.165) is 29.6 Å². The molecule has 0 saturated carbocycles. The van der Waals surface area contributed by atoms with E-state index in [1.165, 1.54) is 6.39 Å². The molecule has 1 atom stereocenters. The van der Waals surface area contributed by atoms with Crippen LogP contribution in [0.15, 0.2) is 29.0 Å². The highest BCUT2D eigenvalue weighted by Gasteiger charge is 2.13. The van der Waals surface area contributed by atoms with Crippen molar-refractivity contribution in [3.8, 4) is 0 Å². The predicted octanol–water partition coefficient (Wildman–Crippen LogP) is 0.714. The zero-order chi connectivity index (χ0) is 13.8. The van der Waals surface area contributed by atoms with Crippen LogP contribution in [-0.4, -0.2) is 47.1 Å². The Balaban J connectivity index is 1.89. The van der Waals surface area contributed by atoms with Crippen molar-refractivity contribution in [2.45, 2.75) is 12.5 Å². The fraction of sp³-hybridized carbons (Fsp3) is 0.385. The van der Waals surface area contributed by atoms with Crippen LogP contribution in [-0.2, 0) is 11.2 Å². The first-order chi connectivity index (χ1) is 9.06. The molecule has 6 nitrogen and oxygen atoms in total. The Morgan fingerprint density at radius 3 is 3.11 bits per heavy atom. The van der Waals surface area contributed by atoms with E-state index in [2.05, 4.69) is 4.98 Å². The molecule has 0 fully saturated rings. The largest absolute Gasteiger partial charge is 0.480 e. The molecular weight excluding hydrogens is 246 g/mol. The second-order valence-electron chi connectivity index (χ2n) is 4.61. The molecule has 0 radical (unpaired) electrons. The SMILES string of the molecule is CN(CCc1ccc2ncoc2c1)CC(N)C(=O)O. The van der Waals surface area contributed by atoms with E-state index in [4.69, 9.17) is 15.3 Å². The normalized spacial score (nSPS) is 13.0. The number of aromatic nitrogens is 1. The van der Waals surface area contributed by atoms with Crippen molar-refractivity contribution < 1.29 is 14.3 Å². The lowest BCUT2D eigenvalue weighted by Gasteiger charge is -2.18. The number of aliphatic carboxylic acids is 1. The number of likely N-dealkylation sites (N-methyl/N-ethyl adjacent to an activating group) is 1. The highest BCUT2D eigenvalue weighted by Crippen LogP contribution is 2.14. The van der Waals surface area contributed by atoms with Crippen molar-refractivity contribution in [2.24, 2.45) is 5.73 Å². The van der Waals surface area contributed by atoms with Crippen LogP contribution >= 0.6 is 0 Å². The van der Waals surface area contributed by atoms with Crippen LogP contribution < -0.4 is 5.73 Å². The van der Waals surface area contributed by atoms with Crippen molar-refractivity contribution in [1.29, 1.82) is 0 Å². The molecule has 0 spiro atoms. The lowest BCUT2D eigenvalue weighted by Crippen LogP contribution is -2.41. The highest BCUT2D eigenvalue weighted by molar-refractivity contribution is 5.73. The molecule has 0 aliphatic carbocycles. The summed E-state index contributed by atoms with van der Waals surface area (Å²) in [5.41, 5.74) is 8.21. The van der Waals surface area contributed by atoms with Crippen LogP contribution in [0, 0.1) is 0 Å². The zero-order valence-electron chi connectivity index (χ0n) is 10.7. The number of nitrogens with zero attached hydrogens (tertiary/aromatic N) is 2. The number of benzene rings is 1. The monoisotopic (exact) mass is 263 g/mol. The quantitative estimate of drug-likeness (QED) is 0.797. The molecule has 0 amide bonds. The minimum absolute atomic E-state index is 0.333. The second kappa shape index (κ2) is 5.81. The lowest BCUT2D eigenvalue weighted by atomic mass is 10.1. The Kier molecular flexibility index (Phi) is 4.13. The molecule has 6 heteroatoms. The number of nitrogens with two attached hydrogens (primary N) is 1. The number of fused-ring (bicyclic) bond motifs is 1. The van der Waals surface area contributed by atoms with E-state index in [-0.39, 0.29) is 0 Å². The summed E-state index contributed by atoms with van der Waals surface area (Å²) in [7, 11) is 1.86. The summed E-state index contributed by atoms with van der Waals surface area (Å²) in [5.74, 6) is -0.977. The Bertz CT molecular complexity index is 567. The Morgan fingerprint density at radius 1 is 1.58 bits per heavy atom. The maximum absolute atomic E-state index is 10.7. The van der Waals surface area contributed by atoms with Crippen LogP contribution in [0.1, 0.15) is 5.56 Å². The van der Waals surface area contributed by atoms with Gasteiger partial charge in [0.15, 0.2) is 12.0 Å². The summed E-state index contributed by atoms with van der Waals surface area (Å²) < 4.78 is 5.24. The molecule has 102 valence electrons. The molecule has 3 N–H and O–H groups in total. The maximum Gasteiger partial charge on any atom is 0.321 e. The van der Waals surface area contributed by atoms with Crippen molar-refractivity contribution in [3.63, 3.8) is 0 Å². The molecule has 1 aromatic heterocycles. The summed E-state index contributed by atoms with van der Waals surface area (Å²) in [6, 6.07) is 5.02. The molecule has 2 aromatic rings. The summed E-state index contributed by atoms with van der Waals surface area (Å²) in [4.78, 5) is 16.6. The molecule has 1 heterocycles. The first-order valence-corrected chi connectivity index (χ1v) is 6.05. The van der Waals surface area contributed by atoms with Gasteiger partial charge in [0, 0.05) is 13.1 Å². The summed E-state index contributed by atoms with van der Waals surface area (Å²) >= 11 is 0. The van der Waals surface area contributed by atoms with Gasteiger partial charge in [-0.25, -0.2) is 4.98 Å². The average Bonchev–Trinajstić information content (AvgIpc) is 2.83. The molecule has 1 aromatic carbocycles. The van der Waals surface area contributed by atoms with Crippen molar-refractivity contribution in [1.82, 2.24) is 9.88 Å². The number of carbonyl (C=O) groups is 1. The van der Waals surface area contributed by atoms with Gasteiger partial charge in [0.05, 0.1) is 0 Å². The number of rotatable bonds is 6. The minimum atomic E-state index is -0.977. The van der Waals surface area contributed by atoms with E-state index in [1.807, 2.05) is 30.1 Å². The molecule has 0 bridgehead atoms. The highest BCUT2D eigenvalue weighted by atomic mass is 16.4. The van der Waals surface area contributed by atoms with Crippen LogP contribution in [0.2, 0.25) is 0 Å². The molecule has 19 heavy (non-hydrogen) atoms. The molecular formula is C13H17N3O3.